The van der Waals surface area contributed by atoms with Gasteiger partial charge in [-0.05, 0) is 35.7 Å². The lowest BCUT2D eigenvalue weighted by atomic mass is 10.2. The zero-order valence-corrected chi connectivity index (χ0v) is 11.5. The van der Waals surface area contributed by atoms with Gasteiger partial charge in [0, 0.05) is 5.69 Å². The summed E-state index contributed by atoms with van der Waals surface area (Å²) in [4.78, 5) is 10.4. The van der Waals surface area contributed by atoms with Crippen LogP contribution in [0.25, 0.3) is 0 Å². The van der Waals surface area contributed by atoms with Gasteiger partial charge in [-0.2, -0.15) is 5.26 Å². The van der Waals surface area contributed by atoms with Crippen LogP contribution in [0.1, 0.15) is 15.2 Å². The Morgan fingerprint density at radius 1 is 1.25 bits per heavy atom. The molecular formula is C12H8N2O4S2. The molecule has 1 aromatic carbocycles. The maximum atomic E-state index is 12.1. The molecule has 6 nitrogen and oxygen atoms in total. The number of nitrogens with one attached hydrogen (secondary N) is 1. The van der Waals surface area contributed by atoms with Gasteiger partial charge in [0.25, 0.3) is 10.0 Å². The smallest absolute Gasteiger partial charge is 0.347 e. The van der Waals surface area contributed by atoms with Crippen LogP contribution in [0.2, 0.25) is 0 Å². The third-order valence-corrected chi connectivity index (χ3v) is 4.83. The largest absolute Gasteiger partial charge is 0.477 e. The summed E-state index contributed by atoms with van der Waals surface area (Å²) < 4.78 is 26.5. The average molecular weight is 308 g/mol. The highest BCUT2D eigenvalue weighted by Gasteiger charge is 2.23. The third kappa shape index (κ3) is 2.79. The first-order chi connectivity index (χ1) is 9.44. The van der Waals surface area contributed by atoms with Crippen molar-refractivity contribution in [3.05, 3.63) is 46.2 Å². The summed E-state index contributed by atoms with van der Waals surface area (Å²) >= 11 is 0.839. The Morgan fingerprint density at radius 2 is 1.90 bits per heavy atom. The molecule has 0 aliphatic carbocycles. The maximum absolute atomic E-state index is 12.1. The Morgan fingerprint density at radius 3 is 2.45 bits per heavy atom. The van der Waals surface area contributed by atoms with Crippen LogP contribution >= 0.6 is 11.3 Å². The van der Waals surface area contributed by atoms with E-state index in [4.69, 9.17) is 10.4 Å². The second kappa shape index (κ2) is 5.32. The van der Waals surface area contributed by atoms with Gasteiger partial charge in [-0.15, -0.1) is 11.3 Å². The number of hydrogen-bond donors (Lipinski definition) is 2. The first kappa shape index (κ1) is 14.0. The zero-order chi connectivity index (χ0) is 14.8. The van der Waals surface area contributed by atoms with E-state index in [9.17, 15) is 13.2 Å². The maximum Gasteiger partial charge on any atom is 0.347 e. The molecule has 0 radical (unpaired) electrons. The number of benzene rings is 1. The van der Waals surface area contributed by atoms with Crippen molar-refractivity contribution in [3.63, 3.8) is 0 Å². The fraction of sp³-hybridized carbons (Fsp3) is 0. The highest BCUT2D eigenvalue weighted by Crippen LogP contribution is 2.24. The number of carbonyl (C=O) groups is 1. The minimum Gasteiger partial charge on any atom is -0.477 e. The SMILES string of the molecule is N#Cc1ccc(NS(=O)(=O)c2ccsc2C(=O)O)cc1. The molecule has 0 saturated carbocycles. The van der Waals surface area contributed by atoms with Crippen molar-refractivity contribution in [1.29, 1.82) is 5.26 Å². The number of nitrogens with zero attached hydrogens (tertiary/aromatic N) is 1. The predicted octanol–water partition coefficient (Wildman–Crippen LogP) is 2.12. The zero-order valence-electron chi connectivity index (χ0n) is 9.90. The molecule has 2 N–H and O–H groups in total. The van der Waals surface area contributed by atoms with Crippen LogP contribution in [0.3, 0.4) is 0 Å². The standard InChI is InChI=1S/C12H8N2O4S2/c13-7-8-1-3-9(4-2-8)14-20(17,18)10-5-6-19-11(10)12(15)16/h1-6,14H,(H,15,16). The van der Waals surface area contributed by atoms with Crippen LogP contribution < -0.4 is 4.72 Å². The van der Waals surface area contributed by atoms with Crippen molar-refractivity contribution in [3.8, 4) is 6.07 Å². The van der Waals surface area contributed by atoms with Crippen molar-refractivity contribution in [1.82, 2.24) is 0 Å². The first-order valence-corrected chi connectivity index (χ1v) is 7.64. The summed E-state index contributed by atoms with van der Waals surface area (Å²) in [6.07, 6.45) is 0. The Kier molecular flexibility index (Phi) is 3.74. The van der Waals surface area contributed by atoms with Gasteiger partial charge in [-0.1, -0.05) is 0 Å². The van der Waals surface area contributed by atoms with Crippen molar-refractivity contribution in [2.75, 3.05) is 4.72 Å². The van der Waals surface area contributed by atoms with E-state index < -0.39 is 16.0 Å². The van der Waals surface area contributed by atoms with Crippen molar-refractivity contribution >= 4 is 33.0 Å². The molecule has 1 heterocycles. The Bertz CT molecular complexity index is 786. The molecule has 20 heavy (non-hydrogen) atoms. The minimum absolute atomic E-state index is 0.244. The van der Waals surface area contributed by atoms with Gasteiger partial charge in [0.2, 0.25) is 0 Å². The lowest BCUT2D eigenvalue weighted by molar-refractivity contribution is 0.0698. The molecule has 0 aliphatic rings. The lowest BCUT2D eigenvalue weighted by Crippen LogP contribution is -2.15. The molecule has 0 unspecified atom stereocenters. The Labute approximate surface area is 119 Å². The van der Waals surface area contributed by atoms with Crippen molar-refractivity contribution in [2.45, 2.75) is 4.90 Å². The highest BCUT2D eigenvalue weighted by atomic mass is 32.2. The van der Waals surface area contributed by atoms with Crippen LogP contribution in [-0.4, -0.2) is 19.5 Å². The van der Waals surface area contributed by atoms with Crippen LogP contribution in [-0.2, 0) is 10.0 Å². The summed E-state index contributed by atoms with van der Waals surface area (Å²) in [6.45, 7) is 0. The number of carboxylic acids is 1. The molecule has 0 aliphatic heterocycles. The lowest BCUT2D eigenvalue weighted by Gasteiger charge is -2.07. The molecule has 2 rings (SSSR count). The number of aromatic carboxylic acids is 1. The summed E-state index contributed by atoms with van der Waals surface area (Å²) in [5.74, 6) is -1.29. The topological polar surface area (TPSA) is 107 Å². The molecular weight excluding hydrogens is 300 g/mol. The molecule has 102 valence electrons. The fourth-order valence-corrected chi connectivity index (χ4v) is 3.81. The van der Waals surface area contributed by atoms with E-state index >= 15 is 0 Å². The number of anilines is 1. The summed E-state index contributed by atoms with van der Waals surface area (Å²) in [5.41, 5.74) is 0.654. The molecule has 2 aromatic rings. The van der Waals surface area contributed by atoms with E-state index in [0.717, 1.165) is 11.3 Å². The quantitative estimate of drug-likeness (QED) is 0.899. The molecule has 0 spiro atoms. The van der Waals surface area contributed by atoms with E-state index in [1.54, 1.807) is 0 Å². The molecule has 0 atom stereocenters. The van der Waals surface area contributed by atoms with Crippen molar-refractivity contribution < 1.29 is 18.3 Å². The number of nitriles is 1. The van der Waals surface area contributed by atoms with Gasteiger partial charge in [0.15, 0.2) is 0 Å². The van der Waals surface area contributed by atoms with Gasteiger partial charge in [-0.25, -0.2) is 13.2 Å². The second-order valence-electron chi connectivity index (χ2n) is 3.71. The Hall–Kier alpha value is -2.37. The number of thiophene rings is 1. The van der Waals surface area contributed by atoms with Gasteiger partial charge >= 0.3 is 5.97 Å². The normalized spacial score (nSPS) is 10.8. The fourth-order valence-electron chi connectivity index (χ4n) is 1.49. The molecule has 1 aromatic heterocycles. The number of sulfonamides is 1. The molecule has 8 heteroatoms. The van der Waals surface area contributed by atoms with Crippen LogP contribution in [0.15, 0.2) is 40.6 Å². The van der Waals surface area contributed by atoms with Gasteiger partial charge in [0.1, 0.15) is 9.77 Å². The van der Waals surface area contributed by atoms with Crippen LogP contribution in [0.5, 0.6) is 0 Å². The van der Waals surface area contributed by atoms with Gasteiger partial charge in [-0.3, -0.25) is 4.72 Å². The summed E-state index contributed by atoms with van der Waals surface area (Å²) in [7, 11) is -3.97. The van der Waals surface area contributed by atoms with Crippen LogP contribution in [0, 0.1) is 11.3 Å². The number of hydrogen-bond acceptors (Lipinski definition) is 5. The first-order valence-electron chi connectivity index (χ1n) is 5.28. The summed E-state index contributed by atoms with van der Waals surface area (Å²) in [6, 6.07) is 8.94. The van der Waals surface area contributed by atoms with Gasteiger partial charge in [0.05, 0.1) is 11.6 Å². The number of carboxylic acid groups (broad SMARTS) is 1. The number of rotatable bonds is 4. The molecule has 0 saturated heterocycles. The second-order valence-corrected chi connectivity index (χ2v) is 6.28. The Balaban J connectivity index is 2.33. The summed E-state index contributed by atoms with van der Waals surface area (Å²) in [5, 5.41) is 19.0. The monoisotopic (exact) mass is 308 g/mol. The van der Waals surface area contributed by atoms with Gasteiger partial charge < -0.3 is 5.11 Å². The van der Waals surface area contributed by atoms with E-state index in [-0.39, 0.29) is 15.5 Å². The molecule has 0 bridgehead atoms. The molecule has 0 amide bonds. The highest BCUT2D eigenvalue weighted by molar-refractivity contribution is 7.93. The van der Waals surface area contributed by atoms with E-state index in [0.29, 0.717) is 5.56 Å². The average Bonchev–Trinajstić information content (AvgIpc) is 2.89. The minimum atomic E-state index is -3.97. The predicted molar refractivity (Wildman–Crippen MR) is 73.2 cm³/mol. The van der Waals surface area contributed by atoms with E-state index in [2.05, 4.69) is 4.72 Å². The third-order valence-electron chi connectivity index (χ3n) is 2.38. The van der Waals surface area contributed by atoms with E-state index in [1.807, 2.05) is 6.07 Å². The van der Waals surface area contributed by atoms with E-state index in [1.165, 1.54) is 35.7 Å². The molecule has 0 fully saturated rings. The van der Waals surface area contributed by atoms with Crippen LogP contribution in [0.4, 0.5) is 5.69 Å². The van der Waals surface area contributed by atoms with Crippen molar-refractivity contribution in [2.24, 2.45) is 0 Å².